The predicted molar refractivity (Wildman–Crippen MR) is 134 cm³/mol. The summed E-state index contributed by atoms with van der Waals surface area (Å²) >= 11 is 0. The maximum Gasteiger partial charge on any atom is 0.295 e. The molecule has 4 rings (SSSR count). The maximum atomic E-state index is 13.1. The second kappa shape index (κ2) is 10.5. The zero-order valence-electron chi connectivity index (χ0n) is 20.1. The first kappa shape index (κ1) is 24.2. The molecule has 1 N–H and O–H groups in total. The molecule has 0 spiro atoms. The second-order valence-corrected chi connectivity index (χ2v) is 8.83. The molecular formula is C28H29N3O4. The number of aliphatic hydroxyl groups is 1. The molecule has 7 heteroatoms. The molecule has 0 radical (unpaired) electrons. The van der Waals surface area contributed by atoms with E-state index >= 15 is 0 Å². The average Bonchev–Trinajstić information content (AvgIpc) is 3.12. The first-order valence-corrected chi connectivity index (χ1v) is 11.5. The largest absolute Gasteiger partial charge is 0.507 e. The Morgan fingerprint density at radius 3 is 2.43 bits per heavy atom. The van der Waals surface area contributed by atoms with Crippen LogP contribution < -0.4 is 4.74 Å². The first-order chi connectivity index (χ1) is 16.9. The minimum atomic E-state index is -0.689. The molecule has 1 aliphatic heterocycles. The Labute approximate surface area is 205 Å². The van der Waals surface area contributed by atoms with Gasteiger partial charge < -0.3 is 19.6 Å². The number of amides is 1. The van der Waals surface area contributed by atoms with Gasteiger partial charge in [-0.15, -0.1) is 0 Å². The van der Waals surface area contributed by atoms with Crippen molar-refractivity contribution in [1.29, 1.82) is 0 Å². The fraction of sp³-hybridized carbons (Fsp3) is 0.250. The number of hydrogen-bond acceptors (Lipinski definition) is 6. The van der Waals surface area contributed by atoms with E-state index in [9.17, 15) is 14.7 Å². The Hall–Kier alpha value is -3.97. The second-order valence-electron chi connectivity index (χ2n) is 8.83. The minimum Gasteiger partial charge on any atom is -0.507 e. The third kappa shape index (κ3) is 5.25. The Bertz CT molecular complexity index is 1240. The number of pyridine rings is 1. The number of aromatic nitrogens is 1. The van der Waals surface area contributed by atoms with Gasteiger partial charge in [0.2, 0.25) is 0 Å². The van der Waals surface area contributed by atoms with E-state index in [0.29, 0.717) is 31.0 Å². The Morgan fingerprint density at radius 2 is 1.77 bits per heavy atom. The van der Waals surface area contributed by atoms with Gasteiger partial charge in [0, 0.05) is 31.0 Å². The van der Waals surface area contributed by atoms with E-state index in [1.165, 1.54) is 4.90 Å². The van der Waals surface area contributed by atoms with E-state index in [0.717, 1.165) is 16.7 Å². The molecule has 180 valence electrons. The summed E-state index contributed by atoms with van der Waals surface area (Å²) in [6.45, 7) is 3.20. The number of ether oxygens (including phenoxy) is 1. The summed E-state index contributed by atoms with van der Waals surface area (Å²) in [5, 5.41) is 11.3. The Balaban J connectivity index is 1.68. The topological polar surface area (TPSA) is 83.0 Å². The van der Waals surface area contributed by atoms with Crippen LogP contribution in [0.25, 0.3) is 5.76 Å². The van der Waals surface area contributed by atoms with Crippen molar-refractivity contribution in [2.24, 2.45) is 0 Å². The SMILES string of the molecule is Cc1cc(OCc2ccccc2)ccc1/C(O)=C1\C(=O)C(=O)N(CCN(C)C)[C@@H]1c1ccncc1. The maximum absolute atomic E-state index is 13.1. The Morgan fingerprint density at radius 1 is 1.06 bits per heavy atom. The molecule has 1 fully saturated rings. The normalized spacial score (nSPS) is 17.3. The highest BCUT2D eigenvalue weighted by Gasteiger charge is 2.46. The van der Waals surface area contributed by atoms with Gasteiger partial charge in [0.25, 0.3) is 11.7 Å². The van der Waals surface area contributed by atoms with Gasteiger partial charge in [-0.2, -0.15) is 0 Å². The molecule has 1 aliphatic rings. The molecule has 1 saturated heterocycles. The van der Waals surface area contributed by atoms with Crippen molar-refractivity contribution in [2.45, 2.75) is 19.6 Å². The Kier molecular flexibility index (Phi) is 7.27. The van der Waals surface area contributed by atoms with Crippen LogP contribution in [0.5, 0.6) is 5.75 Å². The number of likely N-dealkylation sites (N-methyl/N-ethyl adjacent to an activating group) is 1. The third-order valence-corrected chi connectivity index (χ3v) is 6.05. The van der Waals surface area contributed by atoms with Crippen LogP contribution >= 0.6 is 0 Å². The average molecular weight is 472 g/mol. The lowest BCUT2D eigenvalue weighted by Gasteiger charge is -2.26. The fourth-order valence-electron chi connectivity index (χ4n) is 4.19. The monoisotopic (exact) mass is 471 g/mol. The van der Waals surface area contributed by atoms with Gasteiger partial charge in [-0.1, -0.05) is 30.3 Å². The number of carbonyl (C=O) groups is 2. The van der Waals surface area contributed by atoms with Gasteiger partial charge in [-0.05, 0) is 68.0 Å². The van der Waals surface area contributed by atoms with Crippen molar-refractivity contribution < 1.29 is 19.4 Å². The number of hydrogen-bond donors (Lipinski definition) is 1. The molecule has 0 aliphatic carbocycles. The predicted octanol–water partition coefficient (Wildman–Crippen LogP) is 3.95. The number of aliphatic hydroxyl groups excluding tert-OH is 1. The van der Waals surface area contributed by atoms with Crippen molar-refractivity contribution in [1.82, 2.24) is 14.8 Å². The summed E-state index contributed by atoms with van der Waals surface area (Å²) in [6, 6.07) is 18.0. The molecule has 0 unspecified atom stereocenters. The van der Waals surface area contributed by atoms with Crippen LogP contribution in [0.4, 0.5) is 0 Å². The number of nitrogens with zero attached hydrogens (tertiary/aromatic N) is 3. The number of carbonyl (C=O) groups excluding carboxylic acids is 2. The lowest BCUT2D eigenvalue weighted by Crippen LogP contribution is -2.35. The highest BCUT2D eigenvalue weighted by Crippen LogP contribution is 2.39. The highest BCUT2D eigenvalue weighted by atomic mass is 16.5. The van der Waals surface area contributed by atoms with Crippen molar-refractivity contribution in [3.63, 3.8) is 0 Å². The summed E-state index contributed by atoms with van der Waals surface area (Å²) in [5.41, 5.74) is 3.08. The fourth-order valence-corrected chi connectivity index (χ4v) is 4.19. The van der Waals surface area contributed by atoms with Crippen molar-refractivity contribution in [3.8, 4) is 5.75 Å². The van der Waals surface area contributed by atoms with Crippen LogP contribution in [-0.2, 0) is 16.2 Å². The highest BCUT2D eigenvalue weighted by molar-refractivity contribution is 6.46. The number of benzene rings is 2. The number of Topliss-reactive ketones (excluding diaryl/α,β-unsaturated/α-hetero) is 1. The van der Waals surface area contributed by atoms with Crippen LogP contribution in [0.2, 0.25) is 0 Å². The van der Waals surface area contributed by atoms with E-state index in [1.54, 1.807) is 36.7 Å². The molecule has 1 atom stereocenters. The van der Waals surface area contributed by atoms with E-state index in [2.05, 4.69) is 4.98 Å². The molecule has 2 heterocycles. The zero-order valence-corrected chi connectivity index (χ0v) is 20.1. The van der Waals surface area contributed by atoms with E-state index in [4.69, 9.17) is 4.74 Å². The summed E-state index contributed by atoms with van der Waals surface area (Å²) in [5.74, 6) is -0.841. The number of rotatable bonds is 8. The number of likely N-dealkylation sites (tertiary alicyclic amines) is 1. The molecule has 2 aromatic carbocycles. The van der Waals surface area contributed by atoms with Crippen LogP contribution in [0.3, 0.4) is 0 Å². The third-order valence-electron chi connectivity index (χ3n) is 6.05. The van der Waals surface area contributed by atoms with Crippen LogP contribution in [0.15, 0.2) is 78.6 Å². The standard InChI is InChI=1S/C28H29N3O4/c1-19-17-22(35-18-20-7-5-4-6-8-20)9-10-23(19)26(32)24-25(21-11-13-29-14-12-21)31(16-15-30(2)3)28(34)27(24)33/h4-14,17,25,32H,15-16,18H2,1-3H3/b26-24+/t25-/m1/s1. The quantitative estimate of drug-likeness (QED) is 0.304. The molecule has 3 aromatic rings. The lowest BCUT2D eigenvalue weighted by molar-refractivity contribution is -0.140. The van der Waals surface area contributed by atoms with Crippen molar-refractivity contribution in [3.05, 3.63) is 101 Å². The van der Waals surface area contributed by atoms with Crippen LogP contribution in [0.1, 0.15) is 28.3 Å². The summed E-state index contributed by atoms with van der Waals surface area (Å²) in [4.78, 5) is 33.6. The van der Waals surface area contributed by atoms with Gasteiger partial charge in [0.15, 0.2) is 0 Å². The van der Waals surface area contributed by atoms with E-state index < -0.39 is 17.7 Å². The van der Waals surface area contributed by atoms with Gasteiger partial charge in [-0.3, -0.25) is 14.6 Å². The molecule has 1 amide bonds. The van der Waals surface area contributed by atoms with E-state index in [1.807, 2.05) is 62.3 Å². The van der Waals surface area contributed by atoms with Gasteiger partial charge in [-0.25, -0.2) is 0 Å². The van der Waals surface area contributed by atoms with Crippen LogP contribution in [0, 0.1) is 6.92 Å². The van der Waals surface area contributed by atoms with Gasteiger partial charge in [0.05, 0.1) is 11.6 Å². The van der Waals surface area contributed by atoms with Crippen molar-refractivity contribution >= 4 is 17.4 Å². The van der Waals surface area contributed by atoms with Gasteiger partial charge >= 0.3 is 0 Å². The summed E-state index contributed by atoms with van der Waals surface area (Å²) < 4.78 is 5.89. The summed E-state index contributed by atoms with van der Waals surface area (Å²) in [7, 11) is 3.81. The molecule has 35 heavy (non-hydrogen) atoms. The van der Waals surface area contributed by atoms with Crippen LogP contribution in [-0.4, -0.2) is 58.8 Å². The molecule has 0 bridgehead atoms. The number of aryl methyl sites for hydroxylation is 1. The molecule has 0 saturated carbocycles. The summed E-state index contributed by atoms with van der Waals surface area (Å²) in [6.07, 6.45) is 3.23. The lowest BCUT2D eigenvalue weighted by atomic mass is 9.94. The van der Waals surface area contributed by atoms with E-state index in [-0.39, 0.29) is 11.3 Å². The molecule has 7 nitrogen and oxygen atoms in total. The minimum absolute atomic E-state index is 0.0843. The van der Waals surface area contributed by atoms with Gasteiger partial charge in [0.1, 0.15) is 18.1 Å². The smallest absolute Gasteiger partial charge is 0.295 e. The number of ketones is 1. The van der Waals surface area contributed by atoms with Crippen molar-refractivity contribution in [2.75, 3.05) is 27.2 Å². The molecule has 1 aromatic heterocycles. The molecular weight excluding hydrogens is 442 g/mol. The first-order valence-electron chi connectivity index (χ1n) is 11.5. The zero-order chi connectivity index (χ0) is 24.9.